The van der Waals surface area contributed by atoms with Crippen LogP contribution in [0.25, 0.3) is 0 Å². The van der Waals surface area contributed by atoms with Crippen molar-refractivity contribution < 1.29 is 8.42 Å². The van der Waals surface area contributed by atoms with Crippen LogP contribution in [0.5, 0.6) is 0 Å². The zero-order chi connectivity index (χ0) is 15.5. The summed E-state index contributed by atoms with van der Waals surface area (Å²) >= 11 is 0. The zero-order valence-electron chi connectivity index (χ0n) is 13.0. The van der Waals surface area contributed by atoms with Gasteiger partial charge in [0.1, 0.15) is 0 Å². The molecule has 0 saturated carbocycles. The van der Waals surface area contributed by atoms with Crippen molar-refractivity contribution in [3.8, 4) is 0 Å². The third kappa shape index (κ3) is 4.98. The van der Waals surface area contributed by atoms with Crippen LogP contribution in [-0.4, -0.2) is 27.0 Å². The second kappa shape index (κ2) is 6.34. The standard InChI is InChI=1S/C15H25N3O2S/c1-15(2,3)18-21(19,20)17-11-9-13-7-4-6-12-8-5-10-16-14(12)13/h4,6-7,16-18H,5,8-11H2,1-3H3. The Hall–Kier alpha value is -1.11. The first-order chi connectivity index (χ1) is 9.77. The van der Waals surface area contributed by atoms with Crippen LogP contribution in [-0.2, 0) is 23.1 Å². The highest BCUT2D eigenvalue weighted by atomic mass is 32.2. The number of rotatable bonds is 5. The monoisotopic (exact) mass is 311 g/mol. The van der Waals surface area contributed by atoms with Gasteiger partial charge in [-0.05, 0) is 51.2 Å². The van der Waals surface area contributed by atoms with Gasteiger partial charge < -0.3 is 5.32 Å². The van der Waals surface area contributed by atoms with Crippen molar-refractivity contribution in [2.24, 2.45) is 0 Å². The molecule has 1 aromatic carbocycles. The lowest BCUT2D eigenvalue weighted by molar-refractivity contribution is 0.484. The summed E-state index contributed by atoms with van der Waals surface area (Å²) in [7, 11) is -3.45. The number of para-hydroxylation sites is 1. The Labute approximate surface area is 127 Å². The number of fused-ring (bicyclic) bond motifs is 1. The summed E-state index contributed by atoms with van der Waals surface area (Å²) < 4.78 is 29.0. The molecule has 1 aliphatic heterocycles. The van der Waals surface area contributed by atoms with Gasteiger partial charge in [-0.1, -0.05) is 18.2 Å². The molecule has 1 aromatic rings. The molecule has 118 valence electrons. The lowest BCUT2D eigenvalue weighted by Gasteiger charge is -2.22. The average molecular weight is 311 g/mol. The Bertz CT molecular complexity index is 591. The van der Waals surface area contributed by atoms with E-state index in [0.29, 0.717) is 13.0 Å². The smallest absolute Gasteiger partial charge is 0.277 e. The van der Waals surface area contributed by atoms with E-state index in [9.17, 15) is 8.42 Å². The molecule has 0 amide bonds. The van der Waals surface area contributed by atoms with E-state index >= 15 is 0 Å². The van der Waals surface area contributed by atoms with Gasteiger partial charge in [-0.15, -0.1) is 0 Å². The molecule has 0 radical (unpaired) electrons. The van der Waals surface area contributed by atoms with Crippen LogP contribution in [0.3, 0.4) is 0 Å². The van der Waals surface area contributed by atoms with Crippen LogP contribution >= 0.6 is 0 Å². The maximum absolute atomic E-state index is 11.9. The van der Waals surface area contributed by atoms with Crippen molar-refractivity contribution in [3.63, 3.8) is 0 Å². The van der Waals surface area contributed by atoms with Gasteiger partial charge in [0, 0.05) is 24.3 Å². The number of hydrogen-bond acceptors (Lipinski definition) is 3. The molecule has 0 spiro atoms. The molecule has 0 aromatic heterocycles. The van der Waals surface area contributed by atoms with Crippen molar-refractivity contribution in [2.75, 3.05) is 18.4 Å². The first-order valence-electron chi connectivity index (χ1n) is 7.40. The van der Waals surface area contributed by atoms with Gasteiger partial charge >= 0.3 is 0 Å². The molecule has 0 saturated heterocycles. The van der Waals surface area contributed by atoms with E-state index in [1.807, 2.05) is 26.8 Å². The highest BCUT2D eigenvalue weighted by Crippen LogP contribution is 2.26. The molecule has 3 N–H and O–H groups in total. The summed E-state index contributed by atoms with van der Waals surface area (Å²) in [5.74, 6) is 0. The Morgan fingerprint density at radius 3 is 2.76 bits per heavy atom. The maximum Gasteiger partial charge on any atom is 0.277 e. The molecule has 0 aliphatic carbocycles. The van der Waals surface area contributed by atoms with E-state index in [2.05, 4.69) is 26.9 Å². The largest absolute Gasteiger partial charge is 0.385 e. The van der Waals surface area contributed by atoms with E-state index in [4.69, 9.17) is 0 Å². The number of aryl methyl sites for hydroxylation is 1. The van der Waals surface area contributed by atoms with Crippen LogP contribution in [0.4, 0.5) is 5.69 Å². The summed E-state index contributed by atoms with van der Waals surface area (Å²) in [4.78, 5) is 0. The van der Waals surface area contributed by atoms with Gasteiger partial charge in [0.2, 0.25) is 0 Å². The van der Waals surface area contributed by atoms with Gasteiger partial charge in [-0.2, -0.15) is 13.1 Å². The molecule has 5 nitrogen and oxygen atoms in total. The predicted octanol–water partition coefficient (Wildman–Crippen LogP) is 1.81. The second-order valence-corrected chi connectivity index (χ2v) is 7.98. The van der Waals surface area contributed by atoms with Gasteiger partial charge in [0.25, 0.3) is 10.2 Å². The molecule has 21 heavy (non-hydrogen) atoms. The summed E-state index contributed by atoms with van der Waals surface area (Å²) in [5.41, 5.74) is 3.21. The van der Waals surface area contributed by atoms with Crippen molar-refractivity contribution in [1.82, 2.24) is 9.44 Å². The van der Waals surface area contributed by atoms with Crippen LogP contribution in [0.1, 0.15) is 38.3 Å². The van der Waals surface area contributed by atoms with Crippen molar-refractivity contribution >= 4 is 15.9 Å². The summed E-state index contributed by atoms with van der Waals surface area (Å²) in [6.07, 6.45) is 2.92. The van der Waals surface area contributed by atoms with E-state index in [1.165, 1.54) is 16.8 Å². The minimum Gasteiger partial charge on any atom is -0.385 e. The van der Waals surface area contributed by atoms with Crippen LogP contribution in [0.2, 0.25) is 0 Å². The van der Waals surface area contributed by atoms with Gasteiger partial charge in [-0.3, -0.25) is 0 Å². The third-order valence-corrected chi connectivity index (χ3v) is 4.75. The van der Waals surface area contributed by atoms with Gasteiger partial charge in [0.15, 0.2) is 0 Å². The molecular formula is C15H25N3O2S. The first kappa shape index (κ1) is 16.3. The fraction of sp³-hybridized carbons (Fsp3) is 0.600. The normalized spacial score (nSPS) is 15.4. The Morgan fingerprint density at radius 2 is 2.05 bits per heavy atom. The van der Waals surface area contributed by atoms with Crippen molar-refractivity contribution in [2.45, 2.75) is 45.6 Å². The summed E-state index contributed by atoms with van der Waals surface area (Å²) in [6, 6.07) is 6.24. The number of anilines is 1. The second-order valence-electron chi connectivity index (χ2n) is 6.48. The van der Waals surface area contributed by atoms with Crippen LogP contribution in [0, 0.1) is 0 Å². The van der Waals surface area contributed by atoms with E-state index in [-0.39, 0.29) is 0 Å². The van der Waals surface area contributed by atoms with Crippen LogP contribution < -0.4 is 14.8 Å². The SMILES string of the molecule is CC(C)(C)NS(=O)(=O)NCCc1cccc2c1NCCC2. The first-order valence-corrected chi connectivity index (χ1v) is 8.88. The molecular weight excluding hydrogens is 286 g/mol. The minimum atomic E-state index is -3.45. The van der Waals surface area contributed by atoms with E-state index in [0.717, 1.165) is 19.4 Å². The number of nitrogens with one attached hydrogen (secondary N) is 3. The molecule has 0 unspecified atom stereocenters. The van der Waals surface area contributed by atoms with Gasteiger partial charge in [0.05, 0.1) is 0 Å². The van der Waals surface area contributed by atoms with E-state index < -0.39 is 15.7 Å². The molecule has 6 heteroatoms. The molecule has 0 fully saturated rings. The summed E-state index contributed by atoms with van der Waals surface area (Å²) in [6.45, 7) is 6.85. The third-order valence-electron chi connectivity index (χ3n) is 3.29. The maximum atomic E-state index is 11.9. The van der Waals surface area contributed by atoms with E-state index in [1.54, 1.807) is 0 Å². The van der Waals surface area contributed by atoms with Crippen molar-refractivity contribution in [3.05, 3.63) is 29.3 Å². The fourth-order valence-electron chi connectivity index (χ4n) is 2.55. The Balaban J connectivity index is 1.95. The highest BCUT2D eigenvalue weighted by Gasteiger charge is 2.19. The molecule has 0 bridgehead atoms. The minimum absolute atomic E-state index is 0.392. The predicted molar refractivity (Wildman–Crippen MR) is 86.8 cm³/mol. The van der Waals surface area contributed by atoms with Crippen molar-refractivity contribution in [1.29, 1.82) is 0 Å². The summed E-state index contributed by atoms with van der Waals surface area (Å²) in [5, 5.41) is 3.42. The lowest BCUT2D eigenvalue weighted by Crippen LogP contribution is -2.47. The molecule has 1 aliphatic rings. The Morgan fingerprint density at radius 1 is 1.29 bits per heavy atom. The quantitative estimate of drug-likeness (QED) is 0.777. The highest BCUT2D eigenvalue weighted by molar-refractivity contribution is 7.87. The molecule has 1 heterocycles. The zero-order valence-corrected chi connectivity index (χ0v) is 13.8. The Kier molecular flexibility index (Phi) is 4.91. The number of hydrogen-bond donors (Lipinski definition) is 3. The molecule has 2 rings (SSSR count). The van der Waals surface area contributed by atoms with Crippen LogP contribution in [0.15, 0.2) is 18.2 Å². The number of benzene rings is 1. The van der Waals surface area contributed by atoms with Gasteiger partial charge in [-0.25, -0.2) is 4.72 Å². The topological polar surface area (TPSA) is 70.2 Å². The lowest BCUT2D eigenvalue weighted by atomic mass is 9.98. The fourth-order valence-corrected chi connectivity index (χ4v) is 3.80. The average Bonchev–Trinajstić information content (AvgIpc) is 2.36. The molecule has 0 atom stereocenters.